The van der Waals surface area contributed by atoms with Crippen LogP contribution in [-0.4, -0.2) is 25.2 Å². The van der Waals surface area contributed by atoms with Crippen LogP contribution in [0.25, 0.3) is 0 Å². The molecule has 7 heteroatoms. The zero-order valence-electron chi connectivity index (χ0n) is 11.2. The van der Waals surface area contributed by atoms with Crippen molar-refractivity contribution in [1.29, 1.82) is 0 Å². The van der Waals surface area contributed by atoms with E-state index in [1.54, 1.807) is 25.1 Å². The number of hydrogen-bond donors (Lipinski definition) is 3. The summed E-state index contributed by atoms with van der Waals surface area (Å²) in [6.45, 7) is 5.45. The fourth-order valence-corrected chi connectivity index (χ4v) is 3.11. The maximum Gasteiger partial charge on any atom is 0.232 e. The van der Waals surface area contributed by atoms with Gasteiger partial charge in [0.15, 0.2) is 5.84 Å². The largest absolute Gasteiger partial charge is 0.409 e. The molecule has 1 aromatic carbocycles. The average molecular weight is 285 g/mol. The topological polar surface area (TPSA) is 105 Å². The summed E-state index contributed by atoms with van der Waals surface area (Å²) in [7, 11) is -3.40. The van der Waals surface area contributed by atoms with Gasteiger partial charge >= 0.3 is 0 Å². The molecule has 0 unspecified atom stereocenters. The zero-order chi connectivity index (χ0) is 14.6. The number of oxime groups is 1. The Morgan fingerprint density at radius 3 is 2.63 bits per heavy atom. The van der Waals surface area contributed by atoms with Gasteiger partial charge in [-0.1, -0.05) is 31.1 Å². The predicted molar refractivity (Wildman–Crippen MR) is 75.9 cm³/mol. The fraction of sp³-hybridized carbons (Fsp3) is 0.417. The lowest BCUT2D eigenvalue weighted by atomic mass is 10.1. The fourth-order valence-electron chi connectivity index (χ4n) is 1.60. The number of nitrogens with zero attached hydrogens (tertiary/aromatic N) is 1. The van der Waals surface area contributed by atoms with E-state index in [9.17, 15) is 8.42 Å². The van der Waals surface area contributed by atoms with Gasteiger partial charge in [0.25, 0.3) is 0 Å². The Bertz CT molecular complexity index is 580. The van der Waals surface area contributed by atoms with E-state index in [1.165, 1.54) is 0 Å². The Morgan fingerprint density at radius 2 is 2.11 bits per heavy atom. The summed E-state index contributed by atoms with van der Waals surface area (Å²) in [5.74, 6) is 0.00891. The van der Waals surface area contributed by atoms with Crippen LogP contribution < -0.4 is 10.5 Å². The van der Waals surface area contributed by atoms with Crippen molar-refractivity contribution in [3.05, 3.63) is 29.3 Å². The zero-order valence-corrected chi connectivity index (χ0v) is 12.0. The highest BCUT2D eigenvalue weighted by atomic mass is 32.2. The Morgan fingerprint density at radius 1 is 1.47 bits per heavy atom. The average Bonchev–Trinajstić information content (AvgIpc) is 2.29. The van der Waals surface area contributed by atoms with Crippen molar-refractivity contribution in [2.45, 2.75) is 20.8 Å². The van der Waals surface area contributed by atoms with Crippen LogP contribution in [0.2, 0.25) is 0 Å². The van der Waals surface area contributed by atoms with Crippen molar-refractivity contribution in [2.24, 2.45) is 16.8 Å². The molecule has 4 N–H and O–H groups in total. The van der Waals surface area contributed by atoms with E-state index < -0.39 is 10.0 Å². The molecule has 0 saturated carbocycles. The molecular formula is C12H19N3O3S. The van der Waals surface area contributed by atoms with Crippen LogP contribution in [0.3, 0.4) is 0 Å². The first-order valence-corrected chi connectivity index (χ1v) is 7.49. The molecule has 0 atom stereocenters. The quantitative estimate of drug-likeness (QED) is 0.330. The van der Waals surface area contributed by atoms with Crippen molar-refractivity contribution < 1.29 is 13.6 Å². The van der Waals surface area contributed by atoms with Gasteiger partial charge in [0.1, 0.15) is 0 Å². The lowest BCUT2D eigenvalue weighted by Crippen LogP contribution is -2.21. The number of sulfonamides is 1. The maximum absolute atomic E-state index is 11.9. The Balaban J connectivity index is 3.07. The van der Waals surface area contributed by atoms with E-state index in [0.717, 1.165) is 5.56 Å². The second-order valence-corrected chi connectivity index (χ2v) is 6.56. The normalized spacial score (nSPS) is 12.7. The lowest BCUT2D eigenvalue weighted by Gasteiger charge is -2.13. The number of nitrogens with one attached hydrogen (secondary N) is 1. The number of amidine groups is 1. The first-order chi connectivity index (χ1) is 8.75. The summed E-state index contributed by atoms with van der Waals surface area (Å²) in [5, 5.41) is 11.5. The summed E-state index contributed by atoms with van der Waals surface area (Å²) >= 11 is 0. The van der Waals surface area contributed by atoms with Gasteiger partial charge in [-0.3, -0.25) is 4.72 Å². The van der Waals surface area contributed by atoms with E-state index >= 15 is 0 Å². The molecule has 0 spiro atoms. The third kappa shape index (κ3) is 4.44. The summed E-state index contributed by atoms with van der Waals surface area (Å²) in [6.07, 6.45) is 0. The number of nitrogens with two attached hydrogens (primary N) is 1. The molecule has 0 radical (unpaired) electrons. The highest BCUT2D eigenvalue weighted by Gasteiger charge is 2.14. The standard InChI is InChI=1S/C12H19N3O3S/c1-8(2)7-19(17,18)15-11-6-10(12(13)14-16)5-4-9(11)3/h4-6,8,15-16H,7H2,1-3H3,(H2,13,14). The molecule has 0 aromatic heterocycles. The van der Waals surface area contributed by atoms with Gasteiger partial charge in [0, 0.05) is 5.56 Å². The second kappa shape index (κ2) is 5.92. The van der Waals surface area contributed by atoms with Crippen molar-refractivity contribution in [3.63, 3.8) is 0 Å². The highest BCUT2D eigenvalue weighted by molar-refractivity contribution is 7.92. The summed E-state index contributed by atoms with van der Waals surface area (Å²) in [5.41, 5.74) is 7.14. The van der Waals surface area contributed by atoms with Crippen LogP contribution in [0.15, 0.2) is 23.4 Å². The van der Waals surface area contributed by atoms with Gasteiger partial charge in [-0.05, 0) is 24.5 Å². The molecule has 106 valence electrons. The minimum atomic E-state index is -3.40. The molecule has 19 heavy (non-hydrogen) atoms. The third-order valence-electron chi connectivity index (χ3n) is 2.46. The molecule has 0 fully saturated rings. The second-order valence-electron chi connectivity index (χ2n) is 4.79. The molecule has 0 heterocycles. The molecule has 0 saturated heterocycles. The molecule has 0 amide bonds. The van der Waals surface area contributed by atoms with Crippen LogP contribution in [0.4, 0.5) is 5.69 Å². The van der Waals surface area contributed by atoms with Gasteiger partial charge < -0.3 is 10.9 Å². The summed E-state index contributed by atoms with van der Waals surface area (Å²) < 4.78 is 26.3. The first kappa shape index (κ1) is 15.3. The Hall–Kier alpha value is -1.76. The smallest absolute Gasteiger partial charge is 0.232 e. The van der Waals surface area contributed by atoms with Gasteiger partial charge in [-0.2, -0.15) is 0 Å². The summed E-state index contributed by atoms with van der Waals surface area (Å²) in [6, 6.07) is 4.91. The monoisotopic (exact) mass is 285 g/mol. The Labute approximate surface area is 113 Å². The van der Waals surface area contributed by atoms with Crippen LogP contribution in [-0.2, 0) is 10.0 Å². The van der Waals surface area contributed by atoms with Gasteiger partial charge in [-0.15, -0.1) is 0 Å². The third-order valence-corrected chi connectivity index (χ3v) is 4.10. The van der Waals surface area contributed by atoms with Crippen molar-refractivity contribution >= 4 is 21.5 Å². The molecule has 1 aromatic rings. The van der Waals surface area contributed by atoms with E-state index in [4.69, 9.17) is 10.9 Å². The minimum Gasteiger partial charge on any atom is -0.409 e. The van der Waals surface area contributed by atoms with Crippen LogP contribution >= 0.6 is 0 Å². The van der Waals surface area contributed by atoms with Crippen LogP contribution in [0, 0.1) is 12.8 Å². The van der Waals surface area contributed by atoms with Gasteiger partial charge in [0.05, 0.1) is 11.4 Å². The van der Waals surface area contributed by atoms with Gasteiger partial charge in [0.2, 0.25) is 10.0 Å². The molecule has 0 aliphatic heterocycles. The number of benzene rings is 1. The van der Waals surface area contributed by atoms with E-state index in [0.29, 0.717) is 11.3 Å². The SMILES string of the molecule is Cc1ccc(C(N)=NO)cc1NS(=O)(=O)CC(C)C. The minimum absolute atomic E-state index is 0.0325. The van der Waals surface area contributed by atoms with E-state index in [1.807, 2.05) is 13.8 Å². The number of aryl methyl sites for hydroxylation is 1. The van der Waals surface area contributed by atoms with Crippen molar-refractivity contribution in [3.8, 4) is 0 Å². The maximum atomic E-state index is 11.9. The number of hydrogen-bond acceptors (Lipinski definition) is 4. The Kier molecular flexibility index (Phi) is 4.77. The number of anilines is 1. The molecule has 0 bridgehead atoms. The van der Waals surface area contributed by atoms with Gasteiger partial charge in [-0.25, -0.2) is 8.42 Å². The molecule has 1 rings (SSSR count). The van der Waals surface area contributed by atoms with Crippen molar-refractivity contribution in [2.75, 3.05) is 10.5 Å². The summed E-state index contributed by atoms with van der Waals surface area (Å²) in [4.78, 5) is 0. The predicted octanol–water partition coefficient (Wildman–Crippen LogP) is 1.49. The first-order valence-electron chi connectivity index (χ1n) is 5.84. The van der Waals surface area contributed by atoms with Crippen molar-refractivity contribution in [1.82, 2.24) is 0 Å². The molecule has 0 aliphatic carbocycles. The number of rotatable bonds is 5. The molecular weight excluding hydrogens is 266 g/mol. The molecule has 6 nitrogen and oxygen atoms in total. The lowest BCUT2D eigenvalue weighted by molar-refractivity contribution is 0.318. The molecule has 0 aliphatic rings. The van der Waals surface area contributed by atoms with Crippen LogP contribution in [0.5, 0.6) is 0 Å². The van der Waals surface area contributed by atoms with Crippen LogP contribution in [0.1, 0.15) is 25.0 Å². The van der Waals surface area contributed by atoms with E-state index in [-0.39, 0.29) is 17.5 Å². The van der Waals surface area contributed by atoms with E-state index in [2.05, 4.69) is 9.88 Å². The highest BCUT2D eigenvalue weighted by Crippen LogP contribution is 2.19.